The lowest BCUT2D eigenvalue weighted by atomic mass is 10.1. The van der Waals surface area contributed by atoms with Crippen LogP contribution in [0.2, 0.25) is 0 Å². The summed E-state index contributed by atoms with van der Waals surface area (Å²) >= 11 is 0. The van der Waals surface area contributed by atoms with Gasteiger partial charge in [0.15, 0.2) is 0 Å². The van der Waals surface area contributed by atoms with Crippen LogP contribution in [-0.2, 0) is 4.79 Å². The van der Waals surface area contributed by atoms with Gasteiger partial charge in [0.2, 0.25) is 6.41 Å². The van der Waals surface area contributed by atoms with Gasteiger partial charge in [0, 0.05) is 6.54 Å². The zero-order valence-corrected chi connectivity index (χ0v) is 9.11. The van der Waals surface area contributed by atoms with Gasteiger partial charge >= 0.3 is 0 Å². The standard InChI is InChI=1S/C12H17NO2/c1-10-6-7-12(15-10)11-5-3-2-4-8-13(11)9-14/h6-7,9,11H,2-5,8H2,1H3. The molecule has 1 aliphatic rings. The van der Waals surface area contributed by atoms with Gasteiger partial charge in [-0.2, -0.15) is 0 Å². The monoisotopic (exact) mass is 207 g/mol. The number of carbonyl (C=O) groups is 1. The van der Waals surface area contributed by atoms with Gasteiger partial charge in [-0.15, -0.1) is 0 Å². The Morgan fingerprint density at radius 3 is 2.93 bits per heavy atom. The van der Waals surface area contributed by atoms with Crippen LogP contribution in [0.15, 0.2) is 16.5 Å². The summed E-state index contributed by atoms with van der Waals surface area (Å²) in [6.07, 6.45) is 5.46. The first kappa shape index (κ1) is 10.3. The molecule has 0 bridgehead atoms. The highest BCUT2D eigenvalue weighted by Crippen LogP contribution is 2.29. The van der Waals surface area contributed by atoms with Crippen LogP contribution in [0.1, 0.15) is 43.2 Å². The SMILES string of the molecule is Cc1ccc(C2CCCCCN2C=O)o1. The van der Waals surface area contributed by atoms with E-state index in [0.717, 1.165) is 37.3 Å². The third kappa shape index (κ3) is 2.22. The largest absolute Gasteiger partial charge is 0.464 e. The van der Waals surface area contributed by atoms with Gasteiger partial charge in [0.25, 0.3) is 0 Å². The molecule has 1 saturated heterocycles. The second-order valence-electron chi connectivity index (χ2n) is 4.16. The molecule has 1 unspecified atom stereocenters. The minimum absolute atomic E-state index is 0.152. The summed E-state index contributed by atoms with van der Waals surface area (Å²) in [5.74, 6) is 1.85. The van der Waals surface area contributed by atoms with Gasteiger partial charge in [0.1, 0.15) is 11.5 Å². The maximum Gasteiger partial charge on any atom is 0.210 e. The first-order valence-electron chi connectivity index (χ1n) is 5.58. The van der Waals surface area contributed by atoms with E-state index in [1.54, 1.807) is 0 Å². The van der Waals surface area contributed by atoms with Crippen molar-refractivity contribution in [2.24, 2.45) is 0 Å². The molecular weight excluding hydrogens is 190 g/mol. The normalized spacial score (nSPS) is 22.5. The minimum Gasteiger partial charge on any atom is -0.464 e. The summed E-state index contributed by atoms with van der Waals surface area (Å²) < 4.78 is 5.61. The molecule has 1 atom stereocenters. The van der Waals surface area contributed by atoms with Crippen molar-refractivity contribution in [2.45, 2.75) is 38.6 Å². The third-order valence-corrected chi connectivity index (χ3v) is 3.02. The number of hydrogen-bond acceptors (Lipinski definition) is 2. The van der Waals surface area contributed by atoms with Gasteiger partial charge in [-0.3, -0.25) is 4.79 Å². The minimum atomic E-state index is 0.152. The predicted octanol–water partition coefficient (Wildman–Crippen LogP) is 2.66. The number of rotatable bonds is 2. The number of hydrogen-bond donors (Lipinski definition) is 0. The van der Waals surface area contributed by atoms with Crippen LogP contribution in [0, 0.1) is 6.92 Å². The molecule has 1 aliphatic heterocycles. The smallest absolute Gasteiger partial charge is 0.210 e. The quantitative estimate of drug-likeness (QED) is 0.698. The Labute approximate surface area is 90.1 Å². The lowest BCUT2D eigenvalue weighted by molar-refractivity contribution is -0.120. The summed E-state index contributed by atoms with van der Waals surface area (Å²) in [4.78, 5) is 12.9. The maximum absolute atomic E-state index is 11.0. The van der Waals surface area contributed by atoms with Crippen molar-refractivity contribution < 1.29 is 9.21 Å². The van der Waals surface area contributed by atoms with E-state index in [9.17, 15) is 4.79 Å². The van der Waals surface area contributed by atoms with E-state index in [0.29, 0.717) is 0 Å². The molecule has 0 saturated carbocycles. The number of amides is 1. The number of aryl methyl sites for hydroxylation is 1. The van der Waals surface area contributed by atoms with Gasteiger partial charge < -0.3 is 9.32 Å². The number of nitrogens with zero attached hydrogens (tertiary/aromatic N) is 1. The number of furan rings is 1. The van der Waals surface area contributed by atoms with Gasteiger partial charge in [-0.1, -0.05) is 12.8 Å². The molecule has 1 aromatic heterocycles. The third-order valence-electron chi connectivity index (χ3n) is 3.02. The first-order valence-corrected chi connectivity index (χ1v) is 5.58. The first-order chi connectivity index (χ1) is 7.31. The van der Waals surface area contributed by atoms with E-state index in [1.165, 1.54) is 12.8 Å². The molecule has 3 nitrogen and oxygen atoms in total. The Morgan fingerprint density at radius 1 is 1.40 bits per heavy atom. The van der Waals surface area contributed by atoms with Crippen LogP contribution in [-0.4, -0.2) is 17.9 Å². The Balaban J connectivity index is 2.19. The van der Waals surface area contributed by atoms with Crippen LogP contribution in [0.25, 0.3) is 0 Å². The van der Waals surface area contributed by atoms with Gasteiger partial charge in [-0.05, 0) is 31.9 Å². The molecule has 82 valence electrons. The van der Waals surface area contributed by atoms with Crippen molar-refractivity contribution in [3.63, 3.8) is 0 Å². The molecule has 3 heteroatoms. The molecule has 1 amide bonds. The van der Waals surface area contributed by atoms with Crippen LogP contribution in [0.3, 0.4) is 0 Å². The summed E-state index contributed by atoms with van der Waals surface area (Å²) in [5.41, 5.74) is 0. The molecule has 0 spiro atoms. The highest BCUT2D eigenvalue weighted by atomic mass is 16.3. The second kappa shape index (κ2) is 4.51. The van der Waals surface area contributed by atoms with Crippen molar-refractivity contribution in [1.29, 1.82) is 0 Å². The van der Waals surface area contributed by atoms with Gasteiger partial charge in [0.05, 0.1) is 6.04 Å². The molecule has 2 rings (SSSR count). The summed E-state index contributed by atoms with van der Waals surface area (Å²) in [6, 6.07) is 4.10. The van der Waals surface area contributed by atoms with Crippen LogP contribution in [0.5, 0.6) is 0 Å². The molecule has 0 aliphatic carbocycles. The topological polar surface area (TPSA) is 33.5 Å². The zero-order valence-electron chi connectivity index (χ0n) is 9.11. The Morgan fingerprint density at radius 2 is 2.27 bits per heavy atom. The van der Waals surface area contributed by atoms with Gasteiger partial charge in [-0.25, -0.2) is 0 Å². The van der Waals surface area contributed by atoms with Crippen molar-refractivity contribution in [3.8, 4) is 0 Å². The van der Waals surface area contributed by atoms with Crippen molar-refractivity contribution >= 4 is 6.41 Å². The highest BCUT2D eigenvalue weighted by molar-refractivity contribution is 5.48. The molecular formula is C12H17NO2. The fraction of sp³-hybridized carbons (Fsp3) is 0.583. The fourth-order valence-electron chi connectivity index (χ4n) is 2.19. The summed E-state index contributed by atoms with van der Waals surface area (Å²) in [5, 5.41) is 0. The van der Waals surface area contributed by atoms with Crippen molar-refractivity contribution in [3.05, 3.63) is 23.7 Å². The van der Waals surface area contributed by atoms with E-state index in [4.69, 9.17) is 4.42 Å². The van der Waals surface area contributed by atoms with Crippen LogP contribution < -0.4 is 0 Å². The van der Waals surface area contributed by atoms with Crippen molar-refractivity contribution in [1.82, 2.24) is 4.90 Å². The Bertz CT molecular complexity index is 332. The van der Waals surface area contributed by atoms with Crippen LogP contribution >= 0.6 is 0 Å². The average molecular weight is 207 g/mol. The van der Waals surface area contributed by atoms with E-state index in [2.05, 4.69) is 0 Å². The van der Waals surface area contributed by atoms with E-state index < -0.39 is 0 Å². The lowest BCUT2D eigenvalue weighted by Crippen LogP contribution is -2.26. The molecule has 2 heterocycles. The maximum atomic E-state index is 11.0. The molecule has 1 aromatic rings. The summed E-state index contributed by atoms with van der Waals surface area (Å²) in [6.45, 7) is 2.79. The predicted molar refractivity (Wildman–Crippen MR) is 57.4 cm³/mol. The lowest BCUT2D eigenvalue weighted by Gasteiger charge is -2.23. The van der Waals surface area contributed by atoms with E-state index in [1.807, 2.05) is 24.0 Å². The summed E-state index contributed by atoms with van der Waals surface area (Å²) in [7, 11) is 0. The Hall–Kier alpha value is -1.25. The second-order valence-corrected chi connectivity index (χ2v) is 4.16. The Kier molecular flexibility index (Phi) is 3.09. The highest BCUT2D eigenvalue weighted by Gasteiger charge is 2.23. The molecule has 1 fully saturated rings. The fourth-order valence-corrected chi connectivity index (χ4v) is 2.19. The molecule has 0 radical (unpaired) electrons. The van der Waals surface area contributed by atoms with Crippen molar-refractivity contribution in [2.75, 3.05) is 6.54 Å². The molecule has 15 heavy (non-hydrogen) atoms. The van der Waals surface area contributed by atoms with Crippen LogP contribution in [0.4, 0.5) is 0 Å². The number of carbonyl (C=O) groups excluding carboxylic acids is 1. The van der Waals surface area contributed by atoms with E-state index in [-0.39, 0.29) is 6.04 Å². The molecule has 0 N–H and O–H groups in total. The zero-order chi connectivity index (χ0) is 10.7. The van der Waals surface area contributed by atoms with E-state index >= 15 is 0 Å². The molecule has 0 aromatic carbocycles. The number of likely N-dealkylation sites (tertiary alicyclic amines) is 1. The average Bonchev–Trinajstić information content (AvgIpc) is 2.54.